The number of carboxylic acids is 1. The number of ether oxygens (including phenoxy) is 3. The molecule has 0 saturated carbocycles. The van der Waals surface area contributed by atoms with Crippen LogP contribution in [0.25, 0.3) is 6.08 Å². The molecule has 0 radical (unpaired) electrons. The molecule has 0 amide bonds. The highest BCUT2D eigenvalue weighted by Crippen LogP contribution is 2.38. The minimum Gasteiger partial charge on any atom is -0.493 e. The molecule has 0 aliphatic heterocycles. The summed E-state index contributed by atoms with van der Waals surface area (Å²) < 4.78 is 15.9. The molecule has 0 saturated heterocycles. The van der Waals surface area contributed by atoms with Crippen LogP contribution in [0.2, 0.25) is 0 Å². The third-order valence-electron chi connectivity index (χ3n) is 2.25. The van der Waals surface area contributed by atoms with Crippen molar-refractivity contribution in [3.8, 4) is 17.2 Å². The fraction of sp³-hybridized carbons (Fsp3) is 0.214. The highest BCUT2D eigenvalue weighted by atomic mass is 16.5. The molecule has 0 spiro atoms. The Bertz CT molecular complexity index is 466. The molecule has 0 aliphatic carbocycles. The molecule has 1 aromatic carbocycles. The van der Waals surface area contributed by atoms with Crippen LogP contribution in [0.5, 0.6) is 17.2 Å². The van der Waals surface area contributed by atoms with E-state index in [0.717, 1.165) is 6.08 Å². The van der Waals surface area contributed by atoms with E-state index in [1.807, 2.05) is 0 Å². The van der Waals surface area contributed by atoms with Gasteiger partial charge in [-0.15, -0.1) is 0 Å². The van der Waals surface area contributed by atoms with Crippen LogP contribution in [0, 0.1) is 0 Å². The average molecular weight is 264 g/mol. The van der Waals surface area contributed by atoms with E-state index < -0.39 is 5.97 Å². The summed E-state index contributed by atoms with van der Waals surface area (Å²) in [6.45, 7) is 3.89. The summed E-state index contributed by atoms with van der Waals surface area (Å²) in [5.41, 5.74) is 0.641. The van der Waals surface area contributed by atoms with Gasteiger partial charge in [-0.05, 0) is 23.8 Å². The van der Waals surface area contributed by atoms with Gasteiger partial charge >= 0.3 is 5.97 Å². The lowest BCUT2D eigenvalue weighted by Crippen LogP contribution is -2.00. The molecular formula is C14H16O5. The quantitative estimate of drug-likeness (QED) is 0.605. The van der Waals surface area contributed by atoms with Crippen molar-refractivity contribution in [1.29, 1.82) is 0 Å². The maximum atomic E-state index is 10.5. The number of rotatable bonds is 7. The van der Waals surface area contributed by atoms with Crippen molar-refractivity contribution in [2.45, 2.75) is 0 Å². The van der Waals surface area contributed by atoms with Gasteiger partial charge in [0, 0.05) is 6.08 Å². The molecule has 0 unspecified atom stereocenters. The van der Waals surface area contributed by atoms with Crippen LogP contribution in [0.15, 0.2) is 30.9 Å². The van der Waals surface area contributed by atoms with Gasteiger partial charge in [-0.25, -0.2) is 4.79 Å². The van der Waals surface area contributed by atoms with E-state index in [2.05, 4.69) is 6.58 Å². The molecule has 1 aromatic rings. The van der Waals surface area contributed by atoms with Gasteiger partial charge in [0.05, 0.1) is 14.2 Å². The van der Waals surface area contributed by atoms with Gasteiger partial charge in [-0.3, -0.25) is 0 Å². The number of carbonyl (C=O) groups is 1. The first-order chi connectivity index (χ1) is 9.12. The predicted molar refractivity (Wildman–Crippen MR) is 71.9 cm³/mol. The standard InChI is InChI=1S/C14H16O5/c1-4-7-19-14-11(17-2)8-10(5-6-13(15)16)9-12(14)18-3/h4-6,8-9H,1,7H2,2-3H3,(H,15,16)/b6-5+. The third-order valence-corrected chi connectivity index (χ3v) is 2.25. The Labute approximate surface area is 111 Å². The van der Waals surface area contributed by atoms with Crippen LogP contribution in [-0.2, 0) is 4.79 Å². The number of hydrogen-bond acceptors (Lipinski definition) is 4. The van der Waals surface area contributed by atoms with Crippen LogP contribution >= 0.6 is 0 Å². The van der Waals surface area contributed by atoms with E-state index in [9.17, 15) is 4.79 Å². The number of hydrogen-bond donors (Lipinski definition) is 1. The largest absolute Gasteiger partial charge is 0.493 e. The summed E-state index contributed by atoms with van der Waals surface area (Å²) in [6, 6.07) is 3.33. The van der Waals surface area contributed by atoms with Crippen LogP contribution in [0.1, 0.15) is 5.56 Å². The van der Waals surface area contributed by atoms with Gasteiger partial charge in [0.1, 0.15) is 6.61 Å². The van der Waals surface area contributed by atoms with Gasteiger partial charge in [0.2, 0.25) is 5.75 Å². The van der Waals surface area contributed by atoms with Crippen molar-refractivity contribution >= 4 is 12.0 Å². The highest BCUT2D eigenvalue weighted by molar-refractivity contribution is 5.85. The molecule has 5 nitrogen and oxygen atoms in total. The van der Waals surface area contributed by atoms with Crippen LogP contribution in [0.4, 0.5) is 0 Å². The first-order valence-corrected chi connectivity index (χ1v) is 5.53. The minimum atomic E-state index is -1.02. The molecule has 0 heterocycles. The molecule has 0 aliphatic rings. The smallest absolute Gasteiger partial charge is 0.328 e. The minimum absolute atomic E-state index is 0.316. The zero-order valence-electron chi connectivity index (χ0n) is 10.9. The van der Waals surface area contributed by atoms with E-state index in [1.165, 1.54) is 20.3 Å². The fourth-order valence-electron chi connectivity index (χ4n) is 1.45. The third kappa shape index (κ3) is 4.06. The summed E-state index contributed by atoms with van der Waals surface area (Å²) >= 11 is 0. The highest BCUT2D eigenvalue weighted by Gasteiger charge is 2.13. The Morgan fingerprint density at radius 1 is 1.32 bits per heavy atom. The summed E-state index contributed by atoms with van der Waals surface area (Å²) in [5, 5.41) is 8.61. The van der Waals surface area contributed by atoms with Crippen molar-refractivity contribution < 1.29 is 24.1 Å². The monoisotopic (exact) mass is 264 g/mol. The maximum Gasteiger partial charge on any atom is 0.328 e. The van der Waals surface area contributed by atoms with Gasteiger partial charge in [0.25, 0.3) is 0 Å². The second-order valence-electron chi connectivity index (χ2n) is 3.53. The molecule has 5 heteroatoms. The van der Waals surface area contributed by atoms with E-state index in [0.29, 0.717) is 29.4 Å². The van der Waals surface area contributed by atoms with Crippen molar-refractivity contribution in [3.63, 3.8) is 0 Å². The van der Waals surface area contributed by atoms with Gasteiger partial charge in [0.15, 0.2) is 11.5 Å². The number of aliphatic carboxylic acids is 1. The average Bonchev–Trinajstić information content (AvgIpc) is 2.42. The summed E-state index contributed by atoms with van der Waals surface area (Å²) in [4.78, 5) is 10.5. The number of methoxy groups -OCH3 is 2. The lowest BCUT2D eigenvalue weighted by Gasteiger charge is -2.14. The van der Waals surface area contributed by atoms with E-state index >= 15 is 0 Å². The second-order valence-corrected chi connectivity index (χ2v) is 3.53. The van der Waals surface area contributed by atoms with Gasteiger partial charge in [-0.1, -0.05) is 12.7 Å². The van der Waals surface area contributed by atoms with Crippen LogP contribution in [-0.4, -0.2) is 31.9 Å². The number of benzene rings is 1. The maximum absolute atomic E-state index is 10.5. The topological polar surface area (TPSA) is 65.0 Å². The molecule has 0 fully saturated rings. The fourth-order valence-corrected chi connectivity index (χ4v) is 1.45. The Kier molecular flexibility index (Phi) is 5.47. The Morgan fingerprint density at radius 2 is 1.89 bits per heavy atom. The first-order valence-electron chi connectivity index (χ1n) is 5.53. The van der Waals surface area contributed by atoms with Crippen molar-refractivity contribution in [1.82, 2.24) is 0 Å². The summed E-state index contributed by atoms with van der Waals surface area (Å²) in [5.74, 6) is 0.361. The van der Waals surface area contributed by atoms with Gasteiger partial charge in [-0.2, -0.15) is 0 Å². The molecular weight excluding hydrogens is 248 g/mol. The predicted octanol–water partition coefficient (Wildman–Crippen LogP) is 2.37. The van der Waals surface area contributed by atoms with E-state index in [1.54, 1.807) is 18.2 Å². The molecule has 0 atom stereocenters. The Hall–Kier alpha value is -2.43. The van der Waals surface area contributed by atoms with E-state index in [4.69, 9.17) is 19.3 Å². The van der Waals surface area contributed by atoms with Crippen molar-refractivity contribution in [3.05, 3.63) is 36.4 Å². The number of carboxylic acid groups (broad SMARTS) is 1. The lowest BCUT2D eigenvalue weighted by atomic mass is 10.1. The van der Waals surface area contributed by atoms with Crippen molar-refractivity contribution in [2.24, 2.45) is 0 Å². The summed E-state index contributed by atoms with van der Waals surface area (Å²) in [7, 11) is 3.00. The zero-order chi connectivity index (χ0) is 14.3. The normalized spacial score (nSPS) is 10.2. The Balaban J connectivity index is 3.18. The molecule has 19 heavy (non-hydrogen) atoms. The molecule has 1 rings (SSSR count). The zero-order valence-corrected chi connectivity index (χ0v) is 10.9. The lowest BCUT2D eigenvalue weighted by molar-refractivity contribution is -0.131. The molecule has 1 N–H and O–H groups in total. The first kappa shape index (κ1) is 14.6. The second kappa shape index (κ2) is 7.10. The Morgan fingerprint density at radius 3 is 2.32 bits per heavy atom. The van der Waals surface area contributed by atoms with Gasteiger partial charge < -0.3 is 19.3 Å². The van der Waals surface area contributed by atoms with Crippen LogP contribution in [0.3, 0.4) is 0 Å². The molecule has 0 bridgehead atoms. The molecule has 102 valence electrons. The SMILES string of the molecule is C=CCOc1c(OC)cc(/C=C/C(=O)O)cc1OC. The van der Waals surface area contributed by atoms with E-state index in [-0.39, 0.29) is 0 Å². The van der Waals surface area contributed by atoms with Crippen LogP contribution < -0.4 is 14.2 Å². The molecule has 0 aromatic heterocycles. The van der Waals surface area contributed by atoms with Crippen molar-refractivity contribution in [2.75, 3.05) is 20.8 Å². The summed E-state index contributed by atoms with van der Waals surface area (Å²) in [6.07, 6.45) is 4.10.